The molecule has 0 radical (unpaired) electrons. The number of hydrogen-bond acceptors (Lipinski definition) is 3. The first-order valence-electron chi connectivity index (χ1n) is 8.57. The van der Waals surface area contributed by atoms with E-state index in [4.69, 9.17) is 27.9 Å². The summed E-state index contributed by atoms with van der Waals surface area (Å²) in [6.07, 6.45) is 1.63. The monoisotopic (exact) mass is 412 g/mol. The lowest BCUT2D eigenvalue weighted by Gasteiger charge is -2.18. The Morgan fingerprint density at radius 3 is 2.32 bits per heavy atom. The average Bonchev–Trinajstić information content (AvgIpc) is 2.67. The predicted octanol–water partition coefficient (Wildman–Crippen LogP) is 6.48. The summed E-state index contributed by atoms with van der Waals surface area (Å²) in [6, 6.07) is 20.0. The van der Waals surface area contributed by atoms with Crippen LogP contribution < -0.4 is 9.75 Å². The highest BCUT2D eigenvalue weighted by Gasteiger charge is 2.16. The van der Waals surface area contributed by atoms with Crippen molar-refractivity contribution in [1.29, 1.82) is 0 Å². The van der Waals surface area contributed by atoms with Crippen molar-refractivity contribution in [3.8, 4) is 11.5 Å². The molecule has 1 amide bonds. The SMILES string of the molecule is CC(=O)N(/N=C/c1ccccc1)c1cc(C)c(Oc2ccc(Cl)cc2)c(Cl)c1. The Balaban J connectivity index is 1.89. The number of ether oxygens (including phenoxy) is 1. The van der Waals surface area contributed by atoms with Crippen molar-refractivity contribution in [3.05, 3.63) is 87.9 Å². The van der Waals surface area contributed by atoms with E-state index in [2.05, 4.69) is 5.10 Å². The Labute approximate surface area is 174 Å². The van der Waals surface area contributed by atoms with Crippen molar-refractivity contribution in [2.45, 2.75) is 13.8 Å². The van der Waals surface area contributed by atoms with Gasteiger partial charge in [-0.1, -0.05) is 53.5 Å². The van der Waals surface area contributed by atoms with Gasteiger partial charge in [-0.25, -0.2) is 5.01 Å². The van der Waals surface area contributed by atoms with Crippen LogP contribution in [-0.4, -0.2) is 12.1 Å². The van der Waals surface area contributed by atoms with E-state index in [0.717, 1.165) is 11.1 Å². The highest BCUT2D eigenvalue weighted by molar-refractivity contribution is 6.32. The summed E-state index contributed by atoms with van der Waals surface area (Å²) in [5.74, 6) is 0.907. The first kappa shape index (κ1) is 19.9. The Morgan fingerprint density at radius 1 is 1.04 bits per heavy atom. The van der Waals surface area contributed by atoms with Crippen molar-refractivity contribution in [1.82, 2.24) is 0 Å². The number of nitrogens with zero attached hydrogens (tertiary/aromatic N) is 2. The van der Waals surface area contributed by atoms with Crippen LogP contribution in [0.3, 0.4) is 0 Å². The Kier molecular flexibility index (Phi) is 6.34. The van der Waals surface area contributed by atoms with Crippen LogP contribution in [0.5, 0.6) is 11.5 Å². The van der Waals surface area contributed by atoms with Gasteiger partial charge in [-0.2, -0.15) is 5.10 Å². The van der Waals surface area contributed by atoms with Gasteiger partial charge >= 0.3 is 0 Å². The fraction of sp³-hybridized carbons (Fsp3) is 0.0909. The highest BCUT2D eigenvalue weighted by Crippen LogP contribution is 2.36. The van der Waals surface area contributed by atoms with E-state index in [0.29, 0.717) is 27.2 Å². The van der Waals surface area contributed by atoms with E-state index < -0.39 is 0 Å². The molecule has 0 heterocycles. The fourth-order valence-corrected chi connectivity index (χ4v) is 3.00. The lowest BCUT2D eigenvalue weighted by Crippen LogP contribution is -2.22. The molecule has 0 bridgehead atoms. The molecular formula is C22H18Cl2N2O2. The van der Waals surface area contributed by atoms with Crippen molar-refractivity contribution in [3.63, 3.8) is 0 Å². The molecule has 0 saturated carbocycles. The molecule has 3 aromatic carbocycles. The summed E-state index contributed by atoms with van der Waals surface area (Å²) < 4.78 is 5.89. The summed E-state index contributed by atoms with van der Waals surface area (Å²) in [5, 5.41) is 6.62. The number of halogens is 2. The molecule has 0 saturated heterocycles. The zero-order valence-corrected chi connectivity index (χ0v) is 16.9. The normalized spacial score (nSPS) is 10.9. The molecule has 0 unspecified atom stereocenters. The van der Waals surface area contributed by atoms with Crippen LogP contribution in [0.25, 0.3) is 0 Å². The summed E-state index contributed by atoms with van der Waals surface area (Å²) in [7, 11) is 0. The maximum Gasteiger partial charge on any atom is 0.244 e. The molecule has 6 heteroatoms. The molecule has 0 fully saturated rings. The van der Waals surface area contributed by atoms with Crippen molar-refractivity contribution in [2.75, 3.05) is 5.01 Å². The van der Waals surface area contributed by atoms with Crippen LogP contribution in [0, 0.1) is 6.92 Å². The van der Waals surface area contributed by atoms with Crippen LogP contribution in [0.2, 0.25) is 10.0 Å². The van der Waals surface area contributed by atoms with Crippen LogP contribution in [0.1, 0.15) is 18.1 Å². The lowest BCUT2D eigenvalue weighted by atomic mass is 10.2. The maximum absolute atomic E-state index is 12.1. The minimum Gasteiger partial charge on any atom is -0.456 e. The largest absolute Gasteiger partial charge is 0.456 e. The highest BCUT2D eigenvalue weighted by atomic mass is 35.5. The number of amides is 1. The number of hydrogen-bond donors (Lipinski definition) is 0. The summed E-state index contributed by atoms with van der Waals surface area (Å²) in [5.41, 5.74) is 2.23. The average molecular weight is 413 g/mol. The quantitative estimate of drug-likeness (QED) is 0.355. The van der Waals surface area contributed by atoms with Gasteiger partial charge in [-0.15, -0.1) is 0 Å². The lowest BCUT2D eigenvalue weighted by molar-refractivity contribution is -0.116. The molecule has 142 valence electrons. The maximum atomic E-state index is 12.1. The minimum absolute atomic E-state index is 0.228. The standard InChI is InChI=1S/C22H18Cl2N2O2/c1-15-12-19(26(16(2)27)25-14-17-6-4-3-5-7-17)13-21(24)22(15)28-20-10-8-18(23)9-11-20/h3-14H,1-2H3/b25-14+. The predicted molar refractivity (Wildman–Crippen MR) is 115 cm³/mol. The number of benzene rings is 3. The second kappa shape index (κ2) is 8.91. The fourth-order valence-electron chi connectivity index (χ4n) is 2.58. The molecule has 3 rings (SSSR count). The van der Waals surface area contributed by atoms with Gasteiger partial charge in [-0.05, 0) is 54.4 Å². The summed E-state index contributed by atoms with van der Waals surface area (Å²) >= 11 is 12.3. The van der Waals surface area contributed by atoms with E-state index in [1.54, 1.807) is 42.6 Å². The number of hydrazone groups is 1. The molecule has 4 nitrogen and oxygen atoms in total. The molecule has 0 aliphatic heterocycles. The Bertz CT molecular complexity index is 980. The first-order chi connectivity index (χ1) is 13.4. The van der Waals surface area contributed by atoms with Crippen LogP contribution >= 0.6 is 23.2 Å². The van der Waals surface area contributed by atoms with Crippen molar-refractivity contribution >= 4 is 41.0 Å². The van der Waals surface area contributed by atoms with Gasteiger partial charge in [0.1, 0.15) is 11.5 Å². The number of rotatable bonds is 5. The number of carbonyl (C=O) groups is 1. The van der Waals surface area contributed by atoms with Crippen LogP contribution in [0.15, 0.2) is 71.8 Å². The van der Waals surface area contributed by atoms with E-state index in [9.17, 15) is 4.79 Å². The van der Waals surface area contributed by atoms with Gasteiger partial charge in [0.2, 0.25) is 5.91 Å². The molecule has 0 spiro atoms. The zero-order chi connectivity index (χ0) is 20.1. The number of carbonyl (C=O) groups excluding carboxylic acids is 1. The van der Waals surface area contributed by atoms with Gasteiger partial charge in [0, 0.05) is 11.9 Å². The van der Waals surface area contributed by atoms with Gasteiger partial charge < -0.3 is 4.74 Å². The Hall–Kier alpha value is -2.82. The third-order valence-electron chi connectivity index (χ3n) is 3.91. The summed E-state index contributed by atoms with van der Waals surface area (Å²) in [6.45, 7) is 3.31. The molecule has 0 N–H and O–H groups in total. The summed E-state index contributed by atoms with van der Waals surface area (Å²) in [4.78, 5) is 12.1. The van der Waals surface area contributed by atoms with E-state index >= 15 is 0 Å². The molecule has 0 aromatic heterocycles. The van der Waals surface area contributed by atoms with Gasteiger partial charge in [0.15, 0.2) is 0 Å². The third kappa shape index (κ3) is 4.91. The Morgan fingerprint density at radius 2 is 1.71 bits per heavy atom. The van der Waals surface area contributed by atoms with E-state index in [1.807, 2.05) is 37.3 Å². The first-order valence-corrected chi connectivity index (χ1v) is 9.33. The van der Waals surface area contributed by atoms with E-state index in [1.165, 1.54) is 11.9 Å². The molecule has 0 aliphatic rings. The van der Waals surface area contributed by atoms with E-state index in [-0.39, 0.29) is 5.91 Å². The smallest absolute Gasteiger partial charge is 0.244 e. The molecule has 0 atom stereocenters. The second-order valence-electron chi connectivity index (χ2n) is 6.12. The molecular weight excluding hydrogens is 395 g/mol. The molecule has 28 heavy (non-hydrogen) atoms. The minimum atomic E-state index is -0.228. The van der Waals surface area contributed by atoms with Gasteiger partial charge in [-0.3, -0.25) is 4.79 Å². The molecule has 3 aromatic rings. The van der Waals surface area contributed by atoms with Gasteiger partial charge in [0.25, 0.3) is 0 Å². The van der Waals surface area contributed by atoms with Crippen LogP contribution in [0.4, 0.5) is 5.69 Å². The van der Waals surface area contributed by atoms with Gasteiger partial charge in [0.05, 0.1) is 16.9 Å². The van der Waals surface area contributed by atoms with Crippen molar-refractivity contribution < 1.29 is 9.53 Å². The third-order valence-corrected chi connectivity index (χ3v) is 4.45. The van der Waals surface area contributed by atoms with Crippen LogP contribution in [-0.2, 0) is 4.79 Å². The zero-order valence-electron chi connectivity index (χ0n) is 15.4. The molecule has 0 aliphatic carbocycles. The topological polar surface area (TPSA) is 41.9 Å². The number of aryl methyl sites for hydroxylation is 1. The second-order valence-corrected chi connectivity index (χ2v) is 6.96. The number of anilines is 1. The van der Waals surface area contributed by atoms with Crippen molar-refractivity contribution in [2.24, 2.45) is 5.10 Å².